The summed E-state index contributed by atoms with van der Waals surface area (Å²) in [5.41, 5.74) is 5.22. The summed E-state index contributed by atoms with van der Waals surface area (Å²) in [5, 5.41) is 2.27. The molecule has 0 bridgehead atoms. The average Bonchev–Trinajstić information content (AvgIpc) is 3.09. The summed E-state index contributed by atoms with van der Waals surface area (Å²) in [4.78, 5) is 13.2. The summed E-state index contributed by atoms with van der Waals surface area (Å²) in [6.45, 7) is 0.441. The van der Waals surface area contributed by atoms with Crippen molar-refractivity contribution in [3.63, 3.8) is 0 Å². The lowest BCUT2D eigenvalue weighted by molar-refractivity contribution is -0.00543. The first kappa shape index (κ1) is 25.0. The monoisotopic (exact) mass is 530 g/mol. The number of esters is 1. The second kappa shape index (κ2) is 10.8. The van der Waals surface area contributed by atoms with Crippen molar-refractivity contribution >= 4 is 22.3 Å². The van der Waals surface area contributed by atoms with Crippen LogP contribution in [-0.2, 0) is 9.47 Å². The molecule has 202 valence electrons. The first-order chi connectivity index (χ1) is 19.7. The van der Waals surface area contributed by atoms with Crippen molar-refractivity contribution < 1.29 is 19.0 Å². The van der Waals surface area contributed by atoms with Gasteiger partial charge in [0, 0.05) is 17.1 Å². The average molecular weight is 531 g/mol. The molecule has 1 saturated carbocycles. The Morgan fingerprint density at radius 1 is 0.850 bits per heavy atom. The molecule has 3 aliphatic carbocycles. The number of hydrogen-bond donors (Lipinski definition) is 0. The van der Waals surface area contributed by atoms with Crippen LogP contribution in [-0.4, -0.2) is 25.3 Å². The number of ether oxygens (including phenoxy) is 3. The predicted molar refractivity (Wildman–Crippen MR) is 158 cm³/mol. The van der Waals surface area contributed by atoms with Crippen LogP contribution in [0.5, 0.6) is 5.75 Å². The second-order valence-corrected chi connectivity index (χ2v) is 11.3. The number of rotatable bonds is 3. The molecule has 4 nitrogen and oxygen atoms in total. The summed E-state index contributed by atoms with van der Waals surface area (Å²) in [6.07, 6.45) is 17.5. The summed E-state index contributed by atoms with van der Waals surface area (Å²) in [7, 11) is 0. The Hall–Kier alpha value is -4.05. The molecule has 1 heterocycles. The van der Waals surface area contributed by atoms with Gasteiger partial charge in [0.15, 0.2) is 6.10 Å². The summed E-state index contributed by atoms with van der Waals surface area (Å²) < 4.78 is 18.9. The van der Waals surface area contributed by atoms with E-state index >= 15 is 0 Å². The smallest absolute Gasteiger partial charge is 0.338 e. The molecular weight excluding hydrogens is 496 g/mol. The molecule has 2 atom stereocenters. The van der Waals surface area contributed by atoms with E-state index in [-0.39, 0.29) is 19.2 Å². The van der Waals surface area contributed by atoms with Crippen LogP contribution in [0.4, 0.5) is 0 Å². The lowest BCUT2D eigenvalue weighted by atomic mass is 9.79. The van der Waals surface area contributed by atoms with Gasteiger partial charge in [0.1, 0.15) is 24.7 Å². The molecule has 4 aliphatic rings. The molecule has 3 aromatic rings. The fraction of sp³-hybridized carbons (Fsp3) is 0.306. The standard InChI is InChI=1S/C36H34O4/c37-36(28-16-14-25(15-17-28)24-8-2-1-3-9-24)40-29-22-38-32-20-18-26-10-4-6-12-30(26)34(32)35-31-13-7-5-11-27(31)19-21-33(35)39-23-29/h4-7,10-18,20-21,24,27,29H,1-3,8-9,19,22-23H2. The molecule has 0 N–H and O–H groups in total. The Balaban J connectivity index is 1.18. The number of carbonyl (C=O) groups is 1. The zero-order chi connectivity index (χ0) is 26.9. The van der Waals surface area contributed by atoms with E-state index in [1.807, 2.05) is 18.2 Å². The van der Waals surface area contributed by atoms with Crippen molar-refractivity contribution in [3.05, 3.63) is 119 Å². The van der Waals surface area contributed by atoms with Gasteiger partial charge in [-0.25, -0.2) is 4.79 Å². The van der Waals surface area contributed by atoms with Gasteiger partial charge in [-0.05, 0) is 71.4 Å². The molecule has 0 radical (unpaired) electrons. The van der Waals surface area contributed by atoms with Crippen molar-refractivity contribution in [1.29, 1.82) is 0 Å². The molecule has 40 heavy (non-hydrogen) atoms. The highest BCUT2D eigenvalue weighted by Gasteiger charge is 2.31. The van der Waals surface area contributed by atoms with Crippen LogP contribution in [0, 0.1) is 5.92 Å². The highest BCUT2D eigenvalue weighted by atomic mass is 16.6. The maximum Gasteiger partial charge on any atom is 0.338 e. The van der Waals surface area contributed by atoms with Gasteiger partial charge in [-0.1, -0.05) is 86.0 Å². The molecule has 0 amide bonds. The van der Waals surface area contributed by atoms with Crippen LogP contribution in [0.1, 0.15) is 65.9 Å². The minimum atomic E-state index is -0.547. The van der Waals surface area contributed by atoms with Crippen LogP contribution < -0.4 is 4.74 Å². The quantitative estimate of drug-likeness (QED) is 0.320. The molecule has 3 aromatic carbocycles. The minimum Gasteiger partial charge on any atom is -0.489 e. The first-order valence-electron chi connectivity index (χ1n) is 14.6. The van der Waals surface area contributed by atoms with E-state index in [1.165, 1.54) is 43.2 Å². The molecule has 1 fully saturated rings. The number of carbonyl (C=O) groups excluding carboxylic acids is 1. The van der Waals surface area contributed by atoms with E-state index in [0.29, 0.717) is 17.4 Å². The van der Waals surface area contributed by atoms with Crippen molar-refractivity contribution in [2.75, 3.05) is 13.2 Å². The summed E-state index contributed by atoms with van der Waals surface area (Å²) >= 11 is 0. The van der Waals surface area contributed by atoms with Gasteiger partial charge in [0.05, 0.1) is 5.56 Å². The van der Waals surface area contributed by atoms with E-state index in [0.717, 1.165) is 39.8 Å². The molecular formula is C36H34O4. The van der Waals surface area contributed by atoms with Gasteiger partial charge >= 0.3 is 5.97 Å². The fourth-order valence-electron chi connectivity index (χ4n) is 6.59. The third-order valence-corrected chi connectivity index (χ3v) is 8.71. The molecule has 0 spiro atoms. The van der Waals surface area contributed by atoms with Crippen molar-refractivity contribution in [2.45, 2.75) is 50.5 Å². The topological polar surface area (TPSA) is 44.8 Å². The minimum absolute atomic E-state index is 0.215. The molecule has 7 rings (SSSR count). The van der Waals surface area contributed by atoms with E-state index in [4.69, 9.17) is 14.2 Å². The van der Waals surface area contributed by atoms with E-state index in [9.17, 15) is 4.79 Å². The number of allylic oxidation sites excluding steroid dienone is 7. The first-order valence-corrected chi connectivity index (χ1v) is 14.6. The van der Waals surface area contributed by atoms with Crippen LogP contribution in [0.25, 0.3) is 16.3 Å². The van der Waals surface area contributed by atoms with Gasteiger partial charge in [0.25, 0.3) is 0 Å². The maximum absolute atomic E-state index is 13.2. The lowest BCUT2D eigenvalue weighted by Crippen LogP contribution is -2.29. The molecule has 4 heteroatoms. The van der Waals surface area contributed by atoms with Crippen LogP contribution >= 0.6 is 0 Å². The Morgan fingerprint density at radius 2 is 1.68 bits per heavy atom. The largest absolute Gasteiger partial charge is 0.489 e. The highest BCUT2D eigenvalue weighted by Crippen LogP contribution is 2.46. The van der Waals surface area contributed by atoms with Crippen molar-refractivity contribution in [2.24, 2.45) is 5.92 Å². The van der Waals surface area contributed by atoms with Gasteiger partial charge in [-0.15, -0.1) is 0 Å². The SMILES string of the molecule is O=C(OC1COC2=CCC3C=CC=CC3=C2c2c(ccc3ccccc23)OC1)c1ccc(C2CCCCC2)cc1. The zero-order valence-corrected chi connectivity index (χ0v) is 22.7. The van der Waals surface area contributed by atoms with E-state index in [2.05, 4.69) is 72.8 Å². The van der Waals surface area contributed by atoms with Crippen molar-refractivity contribution in [3.8, 4) is 5.75 Å². The Labute approximate surface area is 235 Å². The Morgan fingerprint density at radius 3 is 2.55 bits per heavy atom. The third-order valence-electron chi connectivity index (χ3n) is 8.71. The van der Waals surface area contributed by atoms with Crippen molar-refractivity contribution in [1.82, 2.24) is 0 Å². The zero-order valence-electron chi connectivity index (χ0n) is 22.7. The van der Waals surface area contributed by atoms with E-state index in [1.54, 1.807) is 0 Å². The molecule has 0 saturated heterocycles. The molecule has 2 unspecified atom stereocenters. The van der Waals surface area contributed by atoms with Gasteiger partial charge in [-0.2, -0.15) is 0 Å². The Bertz CT molecular complexity index is 1550. The molecule has 1 aliphatic heterocycles. The third kappa shape index (κ3) is 4.77. The lowest BCUT2D eigenvalue weighted by Gasteiger charge is -2.28. The highest BCUT2D eigenvalue weighted by molar-refractivity contribution is 6.01. The van der Waals surface area contributed by atoms with Gasteiger partial charge in [0.2, 0.25) is 0 Å². The fourth-order valence-corrected chi connectivity index (χ4v) is 6.59. The second-order valence-electron chi connectivity index (χ2n) is 11.3. The van der Waals surface area contributed by atoms with Gasteiger partial charge < -0.3 is 14.2 Å². The van der Waals surface area contributed by atoms with Crippen LogP contribution in [0.15, 0.2) is 102 Å². The number of benzene rings is 3. The summed E-state index contributed by atoms with van der Waals surface area (Å²) in [5.74, 6) is 2.16. The number of hydrogen-bond acceptors (Lipinski definition) is 4. The number of fused-ring (bicyclic) bond motifs is 6. The van der Waals surface area contributed by atoms with Crippen LogP contribution in [0.3, 0.4) is 0 Å². The van der Waals surface area contributed by atoms with Crippen LogP contribution in [0.2, 0.25) is 0 Å². The normalized spacial score (nSPS) is 22.4. The maximum atomic E-state index is 13.2. The Kier molecular flexibility index (Phi) is 6.76. The predicted octanol–water partition coefficient (Wildman–Crippen LogP) is 8.31. The van der Waals surface area contributed by atoms with E-state index < -0.39 is 6.10 Å². The summed E-state index contributed by atoms with van der Waals surface area (Å²) in [6, 6.07) is 20.5. The van der Waals surface area contributed by atoms with Gasteiger partial charge in [-0.3, -0.25) is 0 Å². The molecule has 0 aromatic heterocycles.